The number of hydrogen-bond donors (Lipinski definition) is 1. The third kappa shape index (κ3) is 3.85. The van der Waals surface area contributed by atoms with Gasteiger partial charge in [-0.05, 0) is 52.8 Å². The van der Waals surface area contributed by atoms with Crippen molar-refractivity contribution in [3.05, 3.63) is 71.4 Å². The SMILES string of the molecule is Cc1cc(NS(=O)(=O)/C=C/c2ccccc2)ccc1-n1cnnn1. The van der Waals surface area contributed by atoms with Gasteiger partial charge >= 0.3 is 0 Å². The van der Waals surface area contributed by atoms with Gasteiger partial charge in [0.25, 0.3) is 10.0 Å². The van der Waals surface area contributed by atoms with Crippen LogP contribution in [0.2, 0.25) is 0 Å². The largest absolute Gasteiger partial charge is 0.280 e. The molecule has 0 radical (unpaired) electrons. The molecule has 0 amide bonds. The number of rotatable bonds is 5. The molecule has 0 bridgehead atoms. The van der Waals surface area contributed by atoms with Gasteiger partial charge in [0.05, 0.1) is 11.1 Å². The predicted octanol–water partition coefficient (Wildman–Crippen LogP) is 2.38. The first-order valence-electron chi connectivity index (χ1n) is 7.13. The fourth-order valence-electron chi connectivity index (χ4n) is 2.18. The zero-order valence-electron chi connectivity index (χ0n) is 12.9. The number of benzene rings is 2. The van der Waals surface area contributed by atoms with E-state index < -0.39 is 10.0 Å². The molecule has 0 fully saturated rings. The Kier molecular flexibility index (Phi) is 4.39. The maximum Gasteiger partial charge on any atom is 0.255 e. The van der Waals surface area contributed by atoms with Crippen molar-refractivity contribution in [1.29, 1.82) is 0 Å². The molecule has 1 aromatic heterocycles. The number of nitrogens with one attached hydrogen (secondary N) is 1. The van der Waals surface area contributed by atoms with Gasteiger partial charge in [-0.1, -0.05) is 30.3 Å². The van der Waals surface area contributed by atoms with Crippen LogP contribution in [0.1, 0.15) is 11.1 Å². The Bertz CT molecular complexity index is 951. The van der Waals surface area contributed by atoms with Crippen LogP contribution in [0, 0.1) is 6.92 Å². The Balaban J connectivity index is 1.78. The third-order valence-electron chi connectivity index (χ3n) is 3.29. The van der Waals surface area contributed by atoms with Crippen LogP contribution in [0.4, 0.5) is 5.69 Å². The fourth-order valence-corrected chi connectivity index (χ4v) is 3.04. The Morgan fingerprint density at radius 2 is 1.92 bits per heavy atom. The smallest absolute Gasteiger partial charge is 0.255 e. The van der Waals surface area contributed by atoms with Crippen molar-refractivity contribution in [2.45, 2.75) is 6.92 Å². The van der Waals surface area contributed by atoms with Gasteiger partial charge < -0.3 is 0 Å². The van der Waals surface area contributed by atoms with Crippen LogP contribution in [-0.4, -0.2) is 28.6 Å². The molecule has 1 heterocycles. The molecule has 3 aromatic rings. The maximum atomic E-state index is 12.2. The lowest BCUT2D eigenvalue weighted by Crippen LogP contribution is -2.09. The zero-order chi connectivity index (χ0) is 17.0. The van der Waals surface area contributed by atoms with E-state index in [-0.39, 0.29) is 0 Å². The molecule has 3 rings (SSSR count). The molecule has 0 saturated heterocycles. The molecule has 8 heteroatoms. The summed E-state index contributed by atoms with van der Waals surface area (Å²) in [5.74, 6) is 0. The lowest BCUT2D eigenvalue weighted by Gasteiger charge is -2.09. The summed E-state index contributed by atoms with van der Waals surface area (Å²) in [6.07, 6.45) is 3.03. The number of nitrogens with zero attached hydrogens (tertiary/aromatic N) is 4. The van der Waals surface area contributed by atoms with Crippen molar-refractivity contribution in [3.8, 4) is 5.69 Å². The molecule has 0 aliphatic carbocycles. The third-order valence-corrected chi connectivity index (χ3v) is 4.31. The van der Waals surface area contributed by atoms with Gasteiger partial charge in [0.2, 0.25) is 0 Å². The number of anilines is 1. The molecule has 0 spiro atoms. The summed E-state index contributed by atoms with van der Waals surface area (Å²) in [5.41, 5.74) is 2.91. The van der Waals surface area contributed by atoms with E-state index in [1.807, 2.05) is 37.3 Å². The number of sulfonamides is 1. The average molecular weight is 341 g/mol. The van der Waals surface area contributed by atoms with E-state index in [1.54, 1.807) is 24.3 Å². The standard InChI is InChI=1S/C16H15N5O2S/c1-13-11-15(7-8-16(13)21-12-17-19-20-21)18-24(22,23)10-9-14-5-3-2-4-6-14/h2-12,18H,1H3/b10-9+. The normalized spacial score (nSPS) is 11.7. The predicted molar refractivity (Wildman–Crippen MR) is 91.9 cm³/mol. The van der Waals surface area contributed by atoms with E-state index in [4.69, 9.17) is 0 Å². The Morgan fingerprint density at radius 3 is 2.58 bits per heavy atom. The van der Waals surface area contributed by atoms with Crippen molar-refractivity contribution in [3.63, 3.8) is 0 Å². The summed E-state index contributed by atoms with van der Waals surface area (Å²) < 4.78 is 28.4. The maximum absolute atomic E-state index is 12.2. The Hall–Kier alpha value is -3.00. The van der Waals surface area contributed by atoms with E-state index in [0.717, 1.165) is 22.2 Å². The van der Waals surface area contributed by atoms with Gasteiger partial charge in [0, 0.05) is 5.69 Å². The second-order valence-electron chi connectivity index (χ2n) is 5.12. The van der Waals surface area contributed by atoms with Crippen LogP contribution >= 0.6 is 0 Å². The first-order valence-corrected chi connectivity index (χ1v) is 8.68. The summed E-state index contributed by atoms with van der Waals surface area (Å²) in [6.45, 7) is 1.86. The van der Waals surface area contributed by atoms with Gasteiger partial charge in [0.15, 0.2) is 0 Å². The highest BCUT2D eigenvalue weighted by atomic mass is 32.2. The average Bonchev–Trinajstić information content (AvgIpc) is 3.08. The zero-order valence-corrected chi connectivity index (χ0v) is 13.7. The quantitative estimate of drug-likeness (QED) is 0.769. The minimum Gasteiger partial charge on any atom is -0.280 e. The Morgan fingerprint density at radius 1 is 1.12 bits per heavy atom. The summed E-state index contributed by atoms with van der Waals surface area (Å²) in [6, 6.07) is 14.4. The summed E-state index contributed by atoms with van der Waals surface area (Å²) in [7, 11) is -3.59. The molecule has 24 heavy (non-hydrogen) atoms. The van der Waals surface area contributed by atoms with Gasteiger partial charge in [-0.2, -0.15) is 0 Å². The number of aromatic nitrogens is 4. The molecule has 0 unspecified atom stereocenters. The number of aryl methyl sites for hydroxylation is 1. The molecule has 122 valence electrons. The lowest BCUT2D eigenvalue weighted by molar-refractivity contribution is 0.609. The van der Waals surface area contributed by atoms with Gasteiger partial charge in [-0.25, -0.2) is 13.1 Å². The molecule has 2 aromatic carbocycles. The van der Waals surface area contributed by atoms with Crippen molar-refractivity contribution < 1.29 is 8.42 Å². The van der Waals surface area contributed by atoms with E-state index in [9.17, 15) is 8.42 Å². The molecule has 0 aliphatic heterocycles. The van der Waals surface area contributed by atoms with Crippen LogP contribution in [0.5, 0.6) is 0 Å². The number of hydrogen-bond acceptors (Lipinski definition) is 5. The van der Waals surface area contributed by atoms with Crippen molar-refractivity contribution in [1.82, 2.24) is 20.2 Å². The monoisotopic (exact) mass is 341 g/mol. The second kappa shape index (κ2) is 6.63. The topological polar surface area (TPSA) is 89.8 Å². The molecule has 1 N–H and O–H groups in total. The van der Waals surface area contributed by atoms with E-state index in [2.05, 4.69) is 20.2 Å². The van der Waals surface area contributed by atoms with Crippen molar-refractivity contribution in [2.24, 2.45) is 0 Å². The fraction of sp³-hybridized carbons (Fsp3) is 0.0625. The summed E-state index contributed by atoms with van der Waals surface area (Å²) >= 11 is 0. The molecule has 7 nitrogen and oxygen atoms in total. The Labute approximate surface area is 139 Å². The lowest BCUT2D eigenvalue weighted by atomic mass is 10.2. The van der Waals surface area contributed by atoms with Gasteiger partial charge in [-0.3, -0.25) is 4.72 Å². The first-order chi connectivity index (χ1) is 11.5. The molecule has 0 aliphatic rings. The van der Waals surface area contributed by atoms with E-state index in [1.165, 1.54) is 11.0 Å². The summed E-state index contributed by atoms with van der Waals surface area (Å²) in [5, 5.41) is 12.1. The summed E-state index contributed by atoms with van der Waals surface area (Å²) in [4.78, 5) is 0. The highest BCUT2D eigenvalue weighted by Gasteiger charge is 2.08. The van der Waals surface area contributed by atoms with Gasteiger partial charge in [0.1, 0.15) is 6.33 Å². The van der Waals surface area contributed by atoms with Crippen LogP contribution in [-0.2, 0) is 10.0 Å². The van der Waals surface area contributed by atoms with Crippen molar-refractivity contribution >= 4 is 21.8 Å². The van der Waals surface area contributed by atoms with Crippen LogP contribution in [0.3, 0.4) is 0 Å². The molecule has 0 saturated carbocycles. The molecular weight excluding hydrogens is 326 g/mol. The highest BCUT2D eigenvalue weighted by molar-refractivity contribution is 7.95. The van der Waals surface area contributed by atoms with Crippen LogP contribution < -0.4 is 4.72 Å². The van der Waals surface area contributed by atoms with Gasteiger partial charge in [-0.15, -0.1) is 5.10 Å². The minimum absolute atomic E-state index is 0.474. The molecular formula is C16H15N5O2S. The van der Waals surface area contributed by atoms with E-state index >= 15 is 0 Å². The number of tetrazole rings is 1. The van der Waals surface area contributed by atoms with Crippen LogP contribution in [0.25, 0.3) is 11.8 Å². The van der Waals surface area contributed by atoms with Crippen molar-refractivity contribution in [2.75, 3.05) is 4.72 Å². The minimum atomic E-state index is -3.59. The molecule has 0 atom stereocenters. The second-order valence-corrected chi connectivity index (χ2v) is 6.68. The van der Waals surface area contributed by atoms with Crippen LogP contribution in [0.15, 0.2) is 60.3 Å². The highest BCUT2D eigenvalue weighted by Crippen LogP contribution is 2.19. The first kappa shape index (κ1) is 15.9. The van der Waals surface area contributed by atoms with E-state index in [0.29, 0.717) is 5.69 Å².